The maximum atomic E-state index is 2.27. The van der Waals surface area contributed by atoms with E-state index in [0.717, 1.165) is 12.8 Å². The molecule has 5 heteroatoms. The fraction of sp³-hybridized carbons (Fsp3) is 0.100. The van der Waals surface area contributed by atoms with Crippen LogP contribution >= 0.6 is 15.8 Å². The molecule has 0 atom stereocenters. The molecular formula is C40H38Cl2NiP2. The van der Waals surface area contributed by atoms with Gasteiger partial charge in [0.1, 0.15) is 0 Å². The van der Waals surface area contributed by atoms with Gasteiger partial charge in [0.15, 0.2) is 0 Å². The van der Waals surface area contributed by atoms with E-state index in [2.05, 4.69) is 182 Å². The van der Waals surface area contributed by atoms with Crippen LogP contribution < -0.4 is 46.0 Å². The van der Waals surface area contributed by atoms with Gasteiger partial charge in [0.25, 0.3) is 0 Å². The predicted octanol–water partition coefficient (Wildman–Crippen LogP) is 2.73. The summed E-state index contributed by atoms with van der Waals surface area (Å²) in [7, 11) is -0.549. The fourth-order valence-electron chi connectivity index (χ4n) is 5.02. The molecule has 0 saturated carbocycles. The van der Waals surface area contributed by atoms with Crippen LogP contribution in [0.15, 0.2) is 182 Å². The molecule has 0 aliphatic rings. The molecule has 0 spiro atoms. The molecule has 6 rings (SSSR count). The summed E-state index contributed by atoms with van der Waals surface area (Å²) in [5.41, 5.74) is 2.86. The van der Waals surface area contributed by atoms with E-state index in [1.807, 2.05) is 0 Å². The quantitative estimate of drug-likeness (QED) is 0.152. The van der Waals surface area contributed by atoms with Crippen LogP contribution in [0.2, 0.25) is 0 Å². The van der Waals surface area contributed by atoms with E-state index < -0.39 is 0 Å². The van der Waals surface area contributed by atoms with Gasteiger partial charge in [-0.15, -0.1) is 0 Å². The maximum absolute atomic E-state index is 2.27. The van der Waals surface area contributed by atoms with Crippen LogP contribution in [0.25, 0.3) is 0 Å². The van der Waals surface area contributed by atoms with Crippen molar-refractivity contribution in [1.82, 2.24) is 0 Å². The maximum Gasteiger partial charge on any atom is 2.00 e. The van der Waals surface area contributed by atoms with Crippen LogP contribution in [-0.4, -0.2) is 12.3 Å². The summed E-state index contributed by atoms with van der Waals surface area (Å²) in [6.45, 7) is 0. The van der Waals surface area contributed by atoms with Crippen molar-refractivity contribution in [3.8, 4) is 0 Å². The van der Waals surface area contributed by atoms with E-state index in [0.29, 0.717) is 0 Å². The average Bonchev–Trinajstić information content (AvgIpc) is 3.08. The van der Waals surface area contributed by atoms with Crippen LogP contribution in [0, 0.1) is 0 Å². The summed E-state index contributed by atoms with van der Waals surface area (Å²) in [4.78, 5) is 0. The van der Waals surface area contributed by atoms with Crippen LogP contribution in [0.5, 0.6) is 0 Å². The molecule has 0 heterocycles. The molecule has 0 radical (unpaired) electrons. The van der Waals surface area contributed by atoms with Crippen molar-refractivity contribution in [2.24, 2.45) is 0 Å². The third kappa shape index (κ3) is 12.5. The van der Waals surface area contributed by atoms with Crippen molar-refractivity contribution in [2.75, 3.05) is 12.3 Å². The van der Waals surface area contributed by atoms with E-state index in [-0.39, 0.29) is 57.1 Å². The molecule has 0 nitrogen and oxygen atoms in total. The van der Waals surface area contributed by atoms with Gasteiger partial charge in [0.05, 0.1) is 0 Å². The van der Waals surface area contributed by atoms with Crippen LogP contribution in [0.3, 0.4) is 0 Å². The van der Waals surface area contributed by atoms with Crippen molar-refractivity contribution in [1.29, 1.82) is 0 Å². The monoisotopic (exact) mass is 708 g/mol. The van der Waals surface area contributed by atoms with Crippen molar-refractivity contribution in [3.05, 3.63) is 193 Å². The molecule has 0 unspecified atom stereocenters. The van der Waals surface area contributed by atoms with E-state index in [4.69, 9.17) is 0 Å². The third-order valence-corrected chi connectivity index (χ3v) is 12.2. The molecule has 0 aliphatic heterocycles. The van der Waals surface area contributed by atoms with Gasteiger partial charge in [-0.1, -0.05) is 182 Å². The zero-order valence-corrected chi connectivity index (χ0v) is 29.4. The van der Waals surface area contributed by atoms with Crippen LogP contribution in [0.1, 0.15) is 11.1 Å². The second-order valence-electron chi connectivity index (χ2n) is 10.1. The molecule has 0 saturated heterocycles. The van der Waals surface area contributed by atoms with Gasteiger partial charge < -0.3 is 24.8 Å². The number of rotatable bonds is 10. The normalized spacial score (nSPS) is 10.0. The molecular weight excluding hydrogens is 672 g/mol. The average molecular weight is 710 g/mol. The second-order valence-corrected chi connectivity index (χ2v) is 14.8. The molecule has 232 valence electrons. The summed E-state index contributed by atoms with van der Waals surface area (Å²) in [6.07, 6.45) is 4.67. The summed E-state index contributed by atoms with van der Waals surface area (Å²) in [5, 5.41) is 5.87. The molecule has 0 aromatic heterocycles. The second kappa shape index (κ2) is 21.9. The Morgan fingerprint density at radius 3 is 0.711 bits per heavy atom. The molecule has 0 bridgehead atoms. The van der Waals surface area contributed by atoms with E-state index >= 15 is 0 Å². The Bertz CT molecular complexity index is 1360. The summed E-state index contributed by atoms with van der Waals surface area (Å²) < 4.78 is 0. The number of halogens is 2. The number of hydrogen-bond donors (Lipinski definition) is 0. The Labute approximate surface area is 295 Å². The molecule has 0 N–H and O–H groups in total. The summed E-state index contributed by atoms with van der Waals surface area (Å²) in [6, 6.07) is 65.3. The molecule has 0 amide bonds. The van der Waals surface area contributed by atoms with Gasteiger partial charge >= 0.3 is 16.5 Å². The Morgan fingerprint density at radius 1 is 0.289 bits per heavy atom. The Kier molecular flexibility index (Phi) is 18.7. The minimum Gasteiger partial charge on any atom is -1.00 e. The van der Waals surface area contributed by atoms with E-state index in [1.54, 1.807) is 0 Å². The van der Waals surface area contributed by atoms with Crippen molar-refractivity contribution < 1.29 is 41.3 Å². The van der Waals surface area contributed by atoms with Gasteiger partial charge in [0.2, 0.25) is 0 Å². The molecule has 6 aromatic carbocycles. The number of hydrogen-bond acceptors (Lipinski definition) is 0. The summed E-state index contributed by atoms with van der Waals surface area (Å²) in [5.74, 6) is 0. The van der Waals surface area contributed by atoms with Gasteiger partial charge in [-0.2, -0.15) is 0 Å². The summed E-state index contributed by atoms with van der Waals surface area (Å²) >= 11 is 0. The van der Waals surface area contributed by atoms with E-state index in [9.17, 15) is 0 Å². The van der Waals surface area contributed by atoms with Gasteiger partial charge in [-0.25, -0.2) is 0 Å². The number of benzene rings is 6. The molecule has 6 aromatic rings. The Balaban J connectivity index is 0.000000294. The smallest absolute Gasteiger partial charge is 1.00 e. The van der Waals surface area contributed by atoms with Crippen LogP contribution in [-0.2, 0) is 29.3 Å². The topological polar surface area (TPSA) is 0 Å². The van der Waals surface area contributed by atoms with Gasteiger partial charge in [-0.3, -0.25) is 0 Å². The minimum absolute atomic E-state index is 0. The first-order chi connectivity index (χ1) is 20.9. The Morgan fingerprint density at radius 2 is 0.489 bits per heavy atom. The SMILES string of the molecule is [Cl-].[Cl-].[Ni+2].c1ccc(CCP(c2ccccc2)c2ccccc2)cc1.c1ccc(CCP(c2ccccc2)c2ccccc2)cc1. The minimum atomic E-state index is -0.275. The Hall–Kier alpha value is -2.75. The largest absolute Gasteiger partial charge is 2.00 e. The van der Waals surface area contributed by atoms with Crippen LogP contribution in [0.4, 0.5) is 0 Å². The first-order valence-electron chi connectivity index (χ1n) is 14.7. The predicted molar refractivity (Wildman–Crippen MR) is 188 cm³/mol. The zero-order chi connectivity index (χ0) is 28.7. The number of aryl methyl sites for hydroxylation is 2. The fourth-order valence-corrected chi connectivity index (χ4v) is 9.74. The van der Waals surface area contributed by atoms with Crippen molar-refractivity contribution in [3.63, 3.8) is 0 Å². The zero-order valence-electron chi connectivity index (χ0n) is 25.1. The standard InChI is InChI=1S/2C20H19P.2ClH.Ni/c2*1-4-10-18(11-5-1)16-17-21(19-12-6-2-7-13-19)20-14-8-3-9-15-20;;;/h2*1-15H,16-17H2;2*1H;/q;;;;+2/p-2. The molecule has 0 aliphatic carbocycles. The third-order valence-electron chi connectivity index (χ3n) is 7.21. The van der Waals surface area contributed by atoms with E-state index in [1.165, 1.54) is 44.7 Å². The molecule has 0 fully saturated rings. The first kappa shape index (κ1) is 38.4. The van der Waals surface area contributed by atoms with Gasteiger partial charge in [-0.05, 0) is 73.4 Å². The molecule has 45 heavy (non-hydrogen) atoms. The van der Waals surface area contributed by atoms with Crippen molar-refractivity contribution in [2.45, 2.75) is 12.8 Å². The van der Waals surface area contributed by atoms with Gasteiger partial charge in [0, 0.05) is 0 Å². The van der Waals surface area contributed by atoms with Crippen molar-refractivity contribution >= 4 is 37.1 Å². The first-order valence-corrected chi connectivity index (χ1v) is 17.8.